The second kappa shape index (κ2) is 6.93. The average Bonchev–Trinajstić information content (AvgIpc) is 3.02. The van der Waals surface area contributed by atoms with E-state index in [1.54, 1.807) is 18.2 Å². The minimum absolute atomic E-state index is 0.101. The molecular formula is C23H19FN2O2. The highest BCUT2D eigenvalue weighted by atomic mass is 19.1. The molecule has 28 heavy (non-hydrogen) atoms. The van der Waals surface area contributed by atoms with Crippen molar-refractivity contribution in [2.75, 3.05) is 0 Å². The Morgan fingerprint density at radius 1 is 1.14 bits per heavy atom. The predicted molar refractivity (Wildman–Crippen MR) is 109 cm³/mol. The molecule has 0 atom stereocenters. The van der Waals surface area contributed by atoms with Crippen molar-refractivity contribution in [3.63, 3.8) is 0 Å². The van der Waals surface area contributed by atoms with E-state index in [2.05, 4.69) is 5.10 Å². The summed E-state index contributed by atoms with van der Waals surface area (Å²) in [7, 11) is 0. The number of aliphatic carboxylic acids is 1. The zero-order valence-electron chi connectivity index (χ0n) is 15.6. The van der Waals surface area contributed by atoms with Crippen LogP contribution in [0.15, 0.2) is 60.8 Å². The number of carboxylic acid groups (broad SMARTS) is 1. The normalized spacial score (nSPS) is 11.9. The number of halogens is 1. The Hall–Kier alpha value is -3.47. The number of hydrogen-bond donors (Lipinski definition) is 1. The van der Waals surface area contributed by atoms with Gasteiger partial charge in [-0.1, -0.05) is 50.2 Å². The van der Waals surface area contributed by atoms with Crippen LogP contribution < -0.4 is 0 Å². The Bertz CT molecular complexity index is 1220. The maximum Gasteiger partial charge on any atom is 0.328 e. The number of benzene rings is 2. The Balaban J connectivity index is 2.21. The smallest absolute Gasteiger partial charge is 0.328 e. The first-order chi connectivity index (χ1) is 13.5. The molecule has 140 valence electrons. The standard InChI is InChI=1S/C23H19FN2O2/c1-14(2)22-19(11-12-20(27)28)21(15-7-9-17(24)10-8-15)23-18-6-4-3-5-16(18)13-25-26(22)23/h3-14H,1-2H3,(H,27,28). The van der Waals surface area contributed by atoms with Gasteiger partial charge in [0.25, 0.3) is 0 Å². The maximum atomic E-state index is 13.5. The van der Waals surface area contributed by atoms with Crippen LogP contribution >= 0.6 is 0 Å². The van der Waals surface area contributed by atoms with E-state index >= 15 is 0 Å². The van der Waals surface area contributed by atoms with Crippen molar-refractivity contribution in [1.82, 2.24) is 9.61 Å². The Labute approximate surface area is 161 Å². The largest absolute Gasteiger partial charge is 0.478 e. The quantitative estimate of drug-likeness (QED) is 0.479. The van der Waals surface area contributed by atoms with Crippen LogP contribution in [-0.2, 0) is 4.79 Å². The summed E-state index contributed by atoms with van der Waals surface area (Å²) in [5, 5.41) is 15.8. The van der Waals surface area contributed by atoms with Crippen molar-refractivity contribution in [2.24, 2.45) is 0 Å². The lowest BCUT2D eigenvalue weighted by molar-refractivity contribution is -0.131. The molecule has 2 aromatic heterocycles. The lowest BCUT2D eigenvalue weighted by atomic mass is 9.96. The molecule has 4 aromatic rings. The molecule has 0 radical (unpaired) electrons. The van der Waals surface area contributed by atoms with Gasteiger partial charge in [-0.2, -0.15) is 5.10 Å². The highest BCUT2D eigenvalue weighted by Crippen LogP contribution is 2.39. The van der Waals surface area contributed by atoms with Crippen LogP contribution in [0.1, 0.15) is 31.0 Å². The second-order valence-electron chi connectivity index (χ2n) is 7.00. The van der Waals surface area contributed by atoms with Gasteiger partial charge in [-0.3, -0.25) is 0 Å². The molecule has 0 unspecified atom stereocenters. The molecule has 0 amide bonds. The maximum absolute atomic E-state index is 13.5. The first kappa shape index (κ1) is 17.9. The molecule has 0 spiro atoms. The van der Waals surface area contributed by atoms with Crippen LogP contribution in [0.4, 0.5) is 4.39 Å². The van der Waals surface area contributed by atoms with E-state index < -0.39 is 5.97 Å². The second-order valence-corrected chi connectivity index (χ2v) is 7.00. The summed E-state index contributed by atoms with van der Waals surface area (Å²) in [6, 6.07) is 14.2. The van der Waals surface area contributed by atoms with E-state index in [0.29, 0.717) is 0 Å². The van der Waals surface area contributed by atoms with Gasteiger partial charge < -0.3 is 5.11 Å². The SMILES string of the molecule is CC(C)c1c(C=CC(=O)O)c(-c2ccc(F)cc2)c2c3ccccc3cnn12. The molecule has 0 saturated carbocycles. The number of fused-ring (bicyclic) bond motifs is 3. The van der Waals surface area contributed by atoms with Gasteiger partial charge >= 0.3 is 5.97 Å². The fourth-order valence-electron chi connectivity index (χ4n) is 3.70. The summed E-state index contributed by atoms with van der Waals surface area (Å²) < 4.78 is 15.4. The molecule has 4 rings (SSSR count). The third-order valence-corrected chi connectivity index (χ3v) is 4.82. The van der Waals surface area contributed by atoms with E-state index in [-0.39, 0.29) is 11.7 Å². The number of rotatable bonds is 4. The zero-order chi connectivity index (χ0) is 19.8. The van der Waals surface area contributed by atoms with Crippen molar-refractivity contribution in [1.29, 1.82) is 0 Å². The molecule has 0 aliphatic heterocycles. The molecule has 0 fully saturated rings. The highest BCUT2D eigenvalue weighted by molar-refractivity contribution is 6.06. The van der Waals surface area contributed by atoms with Crippen molar-refractivity contribution in [2.45, 2.75) is 19.8 Å². The van der Waals surface area contributed by atoms with Crippen LogP contribution in [-0.4, -0.2) is 20.7 Å². The van der Waals surface area contributed by atoms with Crippen LogP contribution in [0.25, 0.3) is 33.5 Å². The Morgan fingerprint density at radius 3 is 2.54 bits per heavy atom. The van der Waals surface area contributed by atoms with E-state index in [1.165, 1.54) is 12.1 Å². The lowest BCUT2D eigenvalue weighted by Crippen LogP contribution is -2.00. The molecule has 0 aliphatic carbocycles. The van der Waals surface area contributed by atoms with E-state index in [4.69, 9.17) is 0 Å². The average molecular weight is 374 g/mol. The minimum atomic E-state index is -1.02. The summed E-state index contributed by atoms with van der Waals surface area (Å²) in [5.41, 5.74) is 4.25. The fraction of sp³-hybridized carbons (Fsp3) is 0.130. The van der Waals surface area contributed by atoms with Crippen molar-refractivity contribution in [3.8, 4) is 11.1 Å². The topological polar surface area (TPSA) is 54.6 Å². The number of hydrogen-bond acceptors (Lipinski definition) is 2. The van der Waals surface area contributed by atoms with Crippen LogP contribution in [0, 0.1) is 5.82 Å². The fourth-order valence-corrected chi connectivity index (χ4v) is 3.70. The van der Waals surface area contributed by atoms with Crippen LogP contribution in [0.2, 0.25) is 0 Å². The summed E-state index contributed by atoms with van der Waals surface area (Å²) in [6.07, 6.45) is 4.56. The molecule has 2 heterocycles. The molecule has 0 saturated heterocycles. The molecule has 0 aliphatic rings. The third-order valence-electron chi connectivity index (χ3n) is 4.82. The Kier molecular flexibility index (Phi) is 4.43. The van der Waals surface area contributed by atoms with Crippen molar-refractivity contribution < 1.29 is 14.3 Å². The summed E-state index contributed by atoms with van der Waals surface area (Å²) in [4.78, 5) is 11.2. The number of carbonyl (C=O) groups is 1. The van der Waals surface area contributed by atoms with Gasteiger partial charge in [0.15, 0.2) is 0 Å². The summed E-state index contributed by atoms with van der Waals surface area (Å²) in [6.45, 7) is 4.09. The first-order valence-electron chi connectivity index (χ1n) is 9.06. The van der Waals surface area contributed by atoms with Crippen molar-refractivity contribution in [3.05, 3.63) is 77.9 Å². The van der Waals surface area contributed by atoms with Gasteiger partial charge in [-0.05, 0) is 29.7 Å². The molecular weight excluding hydrogens is 355 g/mol. The van der Waals surface area contributed by atoms with Crippen molar-refractivity contribution >= 4 is 28.3 Å². The van der Waals surface area contributed by atoms with Crippen LogP contribution in [0.3, 0.4) is 0 Å². The lowest BCUT2D eigenvalue weighted by Gasteiger charge is -2.08. The molecule has 2 aromatic carbocycles. The molecule has 5 heteroatoms. The van der Waals surface area contributed by atoms with Crippen LogP contribution in [0.5, 0.6) is 0 Å². The minimum Gasteiger partial charge on any atom is -0.478 e. The highest BCUT2D eigenvalue weighted by Gasteiger charge is 2.22. The van der Waals surface area contributed by atoms with Gasteiger partial charge in [-0.15, -0.1) is 0 Å². The molecule has 0 bridgehead atoms. The summed E-state index contributed by atoms with van der Waals surface area (Å²) >= 11 is 0. The third kappa shape index (κ3) is 2.95. The molecule has 4 nitrogen and oxygen atoms in total. The number of carboxylic acids is 1. The van der Waals surface area contributed by atoms with Gasteiger partial charge in [0.05, 0.1) is 17.4 Å². The van der Waals surface area contributed by atoms with E-state index in [0.717, 1.165) is 44.7 Å². The Morgan fingerprint density at radius 2 is 1.86 bits per heavy atom. The predicted octanol–water partition coefficient (Wildman–Crippen LogP) is 5.51. The molecule has 1 N–H and O–H groups in total. The van der Waals surface area contributed by atoms with Gasteiger partial charge in [0.1, 0.15) is 5.82 Å². The summed E-state index contributed by atoms with van der Waals surface area (Å²) in [5.74, 6) is -1.24. The monoisotopic (exact) mass is 374 g/mol. The van der Waals surface area contributed by atoms with Gasteiger partial charge in [0.2, 0.25) is 0 Å². The van der Waals surface area contributed by atoms with E-state index in [9.17, 15) is 14.3 Å². The van der Waals surface area contributed by atoms with Gasteiger partial charge in [0, 0.05) is 28.0 Å². The van der Waals surface area contributed by atoms with Gasteiger partial charge in [-0.25, -0.2) is 13.7 Å². The zero-order valence-corrected chi connectivity index (χ0v) is 15.6. The number of aromatic nitrogens is 2. The first-order valence-corrected chi connectivity index (χ1v) is 9.06. The number of nitrogens with zero attached hydrogens (tertiary/aromatic N) is 2. The van der Waals surface area contributed by atoms with E-state index in [1.807, 2.05) is 48.8 Å².